The van der Waals surface area contributed by atoms with Crippen LogP contribution in [0.2, 0.25) is 0 Å². The van der Waals surface area contributed by atoms with Crippen LogP contribution in [-0.2, 0) is 23.8 Å². The van der Waals surface area contributed by atoms with Gasteiger partial charge < -0.3 is 19.3 Å². The number of carbonyl (C=O) groups excluding carboxylic acids is 2. The van der Waals surface area contributed by atoms with Gasteiger partial charge in [0.25, 0.3) is 0 Å². The molecule has 6 nitrogen and oxygen atoms in total. The molecule has 0 amide bonds. The largest absolute Gasteiger partial charge is 0.463 e. The number of allylic oxidation sites excluding steroid dienone is 4. The fourth-order valence-corrected chi connectivity index (χ4v) is 6.18. The van der Waals surface area contributed by atoms with Gasteiger partial charge in [-0.3, -0.25) is 9.59 Å². The van der Waals surface area contributed by atoms with Crippen LogP contribution in [0, 0.1) is 0 Å². The number of carbonyl (C=O) groups is 2. The number of unbranched alkanes of at least 4 members (excludes halogenated alkanes) is 21. The zero-order valence-electron chi connectivity index (χ0n) is 32.6. The maximum absolute atomic E-state index is 12.0. The number of ether oxygens (including phenoxy) is 3. The smallest absolute Gasteiger partial charge is 0.305 e. The molecule has 0 aromatic rings. The molecule has 6 heteroatoms. The lowest BCUT2D eigenvalue weighted by molar-refractivity contribution is -0.152. The third-order valence-corrected chi connectivity index (χ3v) is 9.53. The molecule has 0 spiro atoms. The molecule has 3 atom stereocenters. The summed E-state index contributed by atoms with van der Waals surface area (Å²) in [5, 5.41) is 10.0. The Kier molecular flexibility index (Phi) is 32.7. The van der Waals surface area contributed by atoms with E-state index < -0.39 is 6.10 Å². The van der Waals surface area contributed by atoms with Crippen molar-refractivity contribution >= 4 is 11.9 Å². The van der Waals surface area contributed by atoms with Crippen LogP contribution < -0.4 is 0 Å². The van der Waals surface area contributed by atoms with Gasteiger partial charge in [0.15, 0.2) is 0 Å². The maximum Gasteiger partial charge on any atom is 0.305 e. The monoisotopic (exact) mass is 703 g/mol. The molecule has 1 aliphatic heterocycles. The molecule has 1 N–H and O–H groups in total. The van der Waals surface area contributed by atoms with Crippen LogP contribution in [0.25, 0.3) is 0 Å². The predicted octanol–water partition coefficient (Wildman–Crippen LogP) is 12.2. The van der Waals surface area contributed by atoms with Gasteiger partial charge in [0.1, 0.15) is 19.3 Å². The van der Waals surface area contributed by atoms with Gasteiger partial charge in [-0.25, -0.2) is 0 Å². The molecule has 0 saturated carbocycles. The Labute approximate surface area is 308 Å². The van der Waals surface area contributed by atoms with Crippen LogP contribution in [-0.4, -0.2) is 48.6 Å². The summed E-state index contributed by atoms with van der Waals surface area (Å²) in [6.45, 7) is 4.23. The average Bonchev–Trinajstić information content (AvgIpc) is 3.87. The highest BCUT2D eigenvalue weighted by molar-refractivity contribution is 5.69. The fourth-order valence-electron chi connectivity index (χ4n) is 6.18. The molecular formula is C44H78O6. The zero-order valence-corrected chi connectivity index (χ0v) is 32.6. The quantitative estimate of drug-likeness (QED) is 0.0300. The Balaban J connectivity index is 1.84. The van der Waals surface area contributed by atoms with Gasteiger partial charge in [0.2, 0.25) is 0 Å². The molecule has 50 heavy (non-hydrogen) atoms. The van der Waals surface area contributed by atoms with E-state index in [4.69, 9.17) is 14.2 Å². The number of hydrogen-bond donors (Lipinski definition) is 1. The molecule has 0 aliphatic carbocycles. The van der Waals surface area contributed by atoms with Crippen LogP contribution in [0.5, 0.6) is 0 Å². The van der Waals surface area contributed by atoms with E-state index in [1.807, 2.05) is 0 Å². The molecule has 0 bridgehead atoms. The van der Waals surface area contributed by atoms with Crippen molar-refractivity contribution in [3.63, 3.8) is 0 Å². The van der Waals surface area contributed by atoms with Gasteiger partial charge in [0, 0.05) is 12.8 Å². The lowest BCUT2D eigenvalue weighted by Crippen LogP contribution is -2.25. The molecule has 1 rings (SSSR count). The number of esters is 2. The van der Waals surface area contributed by atoms with Crippen LogP contribution in [0.3, 0.4) is 0 Å². The van der Waals surface area contributed by atoms with Gasteiger partial charge in [-0.15, -0.1) is 0 Å². The van der Waals surface area contributed by atoms with Crippen molar-refractivity contribution in [2.24, 2.45) is 0 Å². The van der Waals surface area contributed by atoms with Crippen LogP contribution in [0.4, 0.5) is 0 Å². The summed E-state index contributed by atoms with van der Waals surface area (Å²) < 4.78 is 16.1. The Bertz CT molecular complexity index is 865. The van der Waals surface area contributed by atoms with Gasteiger partial charge in [0.05, 0.1) is 12.2 Å². The molecular weight excluding hydrogens is 624 g/mol. The van der Waals surface area contributed by atoms with E-state index in [1.165, 1.54) is 122 Å². The maximum atomic E-state index is 12.0. The van der Waals surface area contributed by atoms with Gasteiger partial charge in [-0.2, -0.15) is 0 Å². The SMILES string of the molecule is CCCCC/C=C\C/C=C\CC1OC1C/C=C\CCCC(=O)OC[C@H](O)COC(=O)CCCCCCCCCCCCCCCCCCCC. The summed E-state index contributed by atoms with van der Waals surface area (Å²) in [4.78, 5) is 24.0. The molecule has 0 aromatic heterocycles. The van der Waals surface area contributed by atoms with Gasteiger partial charge >= 0.3 is 11.9 Å². The minimum atomic E-state index is -0.989. The molecule has 1 saturated heterocycles. The average molecular weight is 703 g/mol. The fraction of sp³-hybridized carbons (Fsp3) is 0.818. The van der Waals surface area contributed by atoms with Crippen molar-refractivity contribution in [2.75, 3.05) is 13.2 Å². The van der Waals surface area contributed by atoms with E-state index >= 15 is 0 Å². The van der Waals surface area contributed by atoms with E-state index in [0.717, 1.165) is 44.9 Å². The lowest BCUT2D eigenvalue weighted by atomic mass is 10.0. The number of hydrogen-bond acceptors (Lipinski definition) is 6. The topological polar surface area (TPSA) is 85.4 Å². The molecule has 0 radical (unpaired) electrons. The van der Waals surface area contributed by atoms with Crippen molar-refractivity contribution in [2.45, 2.75) is 218 Å². The van der Waals surface area contributed by atoms with Crippen molar-refractivity contribution in [1.29, 1.82) is 0 Å². The van der Waals surface area contributed by atoms with Crippen LogP contribution in [0.1, 0.15) is 200 Å². The molecule has 2 unspecified atom stereocenters. The second kappa shape index (κ2) is 35.5. The second-order valence-electron chi connectivity index (χ2n) is 14.5. The van der Waals surface area contributed by atoms with Gasteiger partial charge in [-0.05, 0) is 51.4 Å². The highest BCUT2D eigenvalue weighted by Gasteiger charge is 2.35. The molecule has 290 valence electrons. The van der Waals surface area contributed by atoms with Crippen molar-refractivity contribution in [1.82, 2.24) is 0 Å². The Hall–Kier alpha value is -1.92. The van der Waals surface area contributed by atoms with Crippen molar-refractivity contribution in [3.05, 3.63) is 36.5 Å². The van der Waals surface area contributed by atoms with Gasteiger partial charge in [-0.1, -0.05) is 172 Å². The first-order valence-corrected chi connectivity index (χ1v) is 21.2. The zero-order chi connectivity index (χ0) is 36.2. The van der Waals surface area contributed by atoms with Crippen molar-refractivity contribution in [3.8, 4) is 0 Å². The normalized spacial score (nSPS) is 16.5. The summed E-state index contributed by atoms with van der Waals surface area (Å²) >= 11 is 0. The summed E-state index contributed by atoms with van der Waals surface area (Å²) in [5.41, 5.74) is 0. The second-order valence-corrected chi connectivity index (χ2v) is 14.5. The van der Waals surface area contributed by atoms with E-state index in [0.29, 0.717) is 31.5 Å². The Morgan fingerprint density at radius 3 is 1.42 bits per heavy atom. The summed E-state index contributed by atoms with van der Waals surface area (Å²) in [7, 11) is 0. The summed E-state index contributed by atoms with van der Waals surface area (Å²) in [6, 6.07) is 0. The van der Waals surface area contributed by atoms with E-state index in [1.54, 1.807) is 0 Å². The lowest BCUT2D eigenvalue weighted by Gasteiger charge is -2.12. The molecule has 1 aliphatic rings. The van der Waals surface area contributed by atoms with Crippen LogP contribution >= 0.6 is 0 Å². The Morgan fingerprint density at radius 1 is 0.520 bits per heavy atom. The number of aliphatic hydroxyl groups is 1. The third-order valence-electron chi connectivity index (χ3n) is 9.53. The molecule has 1 fully saturated rings. The minimum absolute atomic E-state index is 0.135. The molecule has 1 heterocycles. The standard InChI is InChI=1S/C44H78O6/c1-3-5-7-9-11-13-14-15-16-17-18-19-20-21-23-25-27-32-36-43(46)48-38-40(45)39-49-44(47)37-33-29-28-31-35-42-41(50-42)34-30-26-24-22-12-10-8-6-4-2/h12,22,26,28,30-31,40-42,45H,3-11,13-21,23-25,27,29,32-39H2,1-2H3/b22-12-,30-26-,31-28-/t40-,41?,42?/m1/s1. The number of aliphatic hydroxyl groups excluding tert-OH is 1. The van der Waals surface area contributed by atoms with E-state index in [2.05, 4.69) is 50.3 Å². The summed E-state index contributed by atoms with van der Waals surface area (Å²) in [5.74, 6) is -0.630. The van der Waals surface area contributed by atoms with Crippen molar-refractivity contribution < 1.29 is 28.9 Å². The predicted molar refractivity (Wildman–Crippen MR) is 209 cm³/mol. The molecule has 0 aromatic carbocycles. The van der Waals surface area contributed by atoms with E-state index in [9.17, 15) is 14.7 Å². The minimum Gasteiger partial charge on any atom is -0.463 e. The highest BCUT2D eigenvalue weighted by Crippen LogP contribution is 2.29. The Morgan fingerprint density at radius 2 is 0.900 bits per heavy atom. The first-order valence-electron chi connectivity index (χ1n) is 21.2. The third kappa shape index (κ3) is 32.0. The van der Waals surface area contributed by atoms with Crippen LogP contribution in [0.15, 0.2) is 36.5 Å². The highest BCUT2D eigenvalue weighted by atomic mass is 16.6. The number of epoxide rings is 1. The summed E-state index contributed by atoms with van der Waals surface area (Å²) in [6.07, 6.45) is 46.6. The van der Waals surface area contributed by atoms with E-state index in [-0.39, 0.29) is 25.2 Å². The number of rotatable bonds is 37. The first kappa shape index (κ1) is 46.1. The first-order chi connectivity index (χ1) is 24.6.